The van der Waals surface area contributed by atoms with Gasteiger partial charge in [0.05, 0.1) is 4.92 Å². The van der Waals surface area contributed by atoms with E-state index in [9.17, 15) is 10.1 Å². The molecule has 0 fully saturated rings. The van der Waals surface area contributed by atoms with E-state index in [0.717, 1.165) is 36.1 Å². The van der Waals surface area contributed by atoms with Crippen molar-refractivity contribution < 1.29 is 4.92 Å². The van der Waals surface area contributed by atoms with E-state index in [1.807, 2.05) is 18.2 Å². The van der Waals surface area contributed by atoms with E-state index in [1.165, 1.54) is 0 Å². The first-order valence-corrected chi connectivity index (χ1v) is 6.57. The highest BCUT2D eigenvalue weighted by atomic mass is 16.6. The van der Waals surface area contributed by atoms with E-state index < -0.39 is 0 Å². The molecule has 0 aromatic heterocycles. The number of nitro benzene ring substituents is 1. The molecule has 2 aromatic rings. The van der Waals surface area contributed by atoms with Crippen molar-refractivity contribution in [1.82, 2.24) is 0 Å². The number of nitro groups is 1. The first-order valence-electron chi connectivity index (χ1n) is 6.57. The summed E-state index contributed by atoms with van der Waals surface area (Å²) < 4.78 is 0. The molecule has 3 N–H and O–H groups in total. The molecule has 0 saturated carbocycles. The third kappa shape index (κ3) is 2.18. The van der Waals surface area contributed by atoms with E-state index in [0.29, 0.717) is 11.4 Å². The Hall–Kier alpha value is -2.56. The number of fused-ring (bicyclic) bond motifs is 1. The third-order valence-electron chi connectivity index (χ3n) is 3.62. The van der Waals surface area contributed by atoms with Crippen molar-refractivity contribution in [2.75, 3.05) is 11.1 Å². The van der Waals surface area contributed by atoms with Crippen LogP contribution in [0.1, 0.15) is 17.5 Å². The SMILES string of the molecule is Nc1ccc(Nc2ccc3c(c2[N+](=O)[O-])CCC3)cc1. The second-order valence-electron chi connectivity index (χ2n) is 4.96. The van der Waals surface area contributed by atoms with Gasteiger partial charge in [-0.3, -0.25) is 10.1 Å². The Labute approximate surface area is 116 Å². The molecule has 1 aliphatic rings. The lowest BCUT2D eigenvalue weighted by Gasteiger charge is -2.10. The van der Waals surface area contributed by atoms with E-state index in [-0.39, 0.29) is 10.6 Å². The Morgan fingerprint density at radius 2 is 1.85 bits per heavy atom. The summed E-state index contributed by atoms with van der Waals surface area (Å²) in [6.45, 7) is 0. The summed E-state index contributed by atoms with van der Waals surface area (Å²) in [6, 6.07) is 10.9. The monoisotopic (exact) mass is 269 g/mol. The van der Waals surface area contributed by atoms with Crippen LogP contribution >= 0.6 is 0 Å². The number of nitrogens with two attached hydrogens (primary N) is 1. The molecule has 5 heteroatoms. The summed E-state index contributed by atoms with van der Waals surface area (Å²) in [5.41, 5.74) is 9.81. The molecule has 0 bridgehead atoms. The van der Waals surface area contributed by atoms with Crippen molar-refractivity contribution >= 4 is 22.7 Å². The molecule has 5 nitrogen and oxygen atoms in total. The van der Waals surface area contributed by atoms with Crippen LogP contribution in [-0.4, -0.2) is 4.92 Å². The molecule has 1 aliphatic carbocycles. The molecule has 0 amide bonds. The number of hydrogen-bond donors (Lipinski definition) is 2. The molecule has 0 radical (unpaired) electrons. The topological polar surface area (TPSA) is 81.2 Å². The van der Waals surface area contributed by atoms with Gasteiger partial charge in [-0.1, -0.05) is 6.07 Å². The fourth-order valence-electron chi connectivity index (χ4n) is 2.68. The van der Waals surface area contributed by atoms with Gasteiger partial charge in [0.1, 0.15) is 5.69 Å². The lowest BCUT2D eigenvalue weighted by Crippen LogP contribution is -2.01. The van der Waals surface area contributed by atoms with E-state index in [1.54, 1.807) is 18.2 Å². The predicted molar refractivity (Wildman–Crippen MR) is 79.3 cm³/mol. The second kappa shape index (κ2) is 4.85. The van der Waals surface area contributed by atoms with Gasteiger partial charge >= 0.3 is 0 Å². The van der Waals surface area contributed by atoms with Crippen LogP contribution in [0, 0.1) is 10.1 Å². The number of rotatable bonds is 3. The number of nitrogen functional groups attached to an aromatic ring is 1. The van der Waals surface area contributed by atoms with Gasteiger partial charge in [0.2, 0.25) is 0 Å². The fourth-order valence-corrected chi connectivity index (χ4v) is 2.68. The molecule has 0 unspecified atom stereocenters. The quantitative estimate of drug-likeness (QED) is 0.508. The Bertz CT molecular complexity index is 666. The molecular formula is C15H15N3O2. The molecule has 0 spiro atoms. The standard InChI is InChI=1S/C15H15N3O2/c16-11-5-7-12(8-6-11)17-14-9-4-10-2-1-3-13(10)15(14)18(19)20/h4-9,17H,1-3,16H2. The summed E-state index contributed by atoms with van der Waals surface area (Å²) in [7, 11) is 0. The average Bonchev–Trinajstić information content (AvgIpc) is 2.89. The van der Waals surface area contributed by atoms with Crippen LogP contribution in [-0.2, 0) is 12.8 Å². The Morgan fingerprint density at radius 3 is 2.55 bits per heavy atom. The zero-order chi connectivity index (χ0) is 14.1. The maximum absolute atomic E-state index is 11.4. The summed E-state index contributed by atoms with van der Waals surface area (Å²) >= 11 is 0. The number of hydrogen-bond acceptors (Lipinski definition) is 4. The molecule has 2 aromatic carbocycles. The molecule has 0 saturated heterocycles. The number of nitrogens with one attached hydrogen (secondary N) is 1. The van der Waals surface area contributed by atoms with Gasteiger partial charge in [0, 0.05) is 16.9 Å². The normalized spacial score (nSPS) is 13.0. The zero-order valence-electron chi connectivity index (χ0n) is 10.9. The van der Waals surface area contributed by atoms with Gasteiger partial charge in [0.25, 0.3) is 5.69 Å². The van der Waals surface area contributed by atoms with E-state index in [4.69, 9.17) is 5.73 Å². The van der Waals surface area contributed by atoms with Crippen LogP contribution in [0.25, 0.3) is 0 Å². The maximum atomic E-state index is 11.4. The molecule has 3 rings (SSSR count). The van der Waals surface area contributed by atoms with E-state index >= 15 is 0 Å². The Balaban J connectivity index is 2.01. The summed E-state index contributed by atoms with van der Waals surface area (Å²) in [5, 5.41) is 14.5. The van der Waals surface area contributed by atoms with Gasteiger partial charge in [-0.2, -0.15) is 0 Å². The number of anilines is 3. The highest BCUT2D eigenvalue weighted by Crippen LogP contribution is 2.37. The minimum Gasteiger partial charge on any atom is -0.399 e. The molecular weight excluding hydrogens is 254 g/mol. The lowest BCUT2D eigenvalue weighted by atomic mass is 10.1. The van der Waals surface area contributed by atoms with Gasteiger partial charge in [-0.15, -0.1) is 0 Å². The molecule has 0 atom stereocenters. The first kappa shape index (κ1) is 12.5. The highest BCUT2D eigenvalue weighted by Gasteiger charge is 2.25. The largest absolute Gasteiger partial charge is 0.399 e. The zero-order valence-corrected chi connectivity index (χ0v) is 10.9. The summed E-state index contributed by atoms with van der Waals surface area (Å²) in [5.74, 6) is 0. The van der Waals surface area contributed by atoms with E-state index in [2.05, 4.69) is 5.32 Å². The average molecular weight is 269 g/mol. The number of benzene rings is 2. The Kier molecular flexibility index (Phi) is 3.02. The van der Waals surface area contributed by atoms with Gasteiger partial charge < -0.3 is 11.1 Å². The van der Waals surface area contributed by atoms with Crippen molar-refractivity contribution in [3.8, 4) is 0 Å². The van der Waals surface area contributed by atoms with Crippen LogP contribution in [0.3, 0.4) is 0 Å². The summed E-state index contributed by atoms with van der Waals surface area (Å²) in [6.07, 6.45) is 2.70. The fraction of sp³-hybridized carbons (Fsp3) is 0.200. The van der Waals surface area contributed by atoms with Crippen LogP contribution in [0.2, 0.25) is 0 Å². The van der Waals surface area contributed by atoms with Crippen LogP contribution in [0.15, 0.2) is 36.4 Å². The van der Waals surface area contributed by atoms with Gasteiger partial charge in [0.15, 0.2) is 0 Å². The van der Waals surface area contributed by atoms with Gasteiger partial charge in [-0.25, -0.2) is 0 Å². The molecule has 20 heavy (non-hydrogen) atoms. The molecule has 0 aliphatic heterocycles. The van der Waals surface area contributed by atoms with Crippen molar-refractivity contribution in [3.05, 3.63) is 57.6 Å². The first-order chi connectivity index (χ1) is 9.65. The van der Waals surface area contributed by atoms with Crippen LogP contribution in [0.4, 0.5) is 22.7 Å². The minimum absolute atomic E-state index is 0.205. The van der Waals surface area contributed by atoms with Gasteiger partial charge in [-0.05, 0) is 55.2 Å². The summed E-state index contributed by atoms with van der Waals surface area (Å²) in [4.78, 5) is 11.1. The van der Waals surface area contributed by atoms with Crippen LogP contribution < -0.4 is 11.1 Å². The van der Waals surface area contributed by atoms with Crippen molar-refractivity contribution in [2.24, 2.45) is 0 Å². The molecule has 0 heterocycles. The number of aryl methyl sites for hydroxylation is 1. The smallest absolute Gasteiger partial charge is 0.296 e. The maximum Gasteiger partial charge on any atom is 0.296 e. The molecule has 102 valence electrons. The van der Waals surface area contributed by atoms with Crippen molar-refractivity contribution in [3.63, 3.8) is 0 Å². The predicted octanol–water partition coefficient (Wildman–Crippen LogP) is 3.41. The Morgan fingerprint density at radius 1 is 1.10 bits per heavy atom. The highest BCUT2D eigenvalue weighted by molar-refractivity contribution is 5.74. The van der Waals surface area contributed by atoms with Crippen molar-refractivity contribution in [2.45, 2.75) is 19.3 Å². The lowest BCUT2D eigenvalue weighted by molar-refractivity contribution is -0.384. The third-order valence-corrected chi connectivity index (χ3v) is 3.62. The second-order valence-corrected chi connectivity index (χ2v) is 4.96. The van der Waals surface area contributed by atoms with Crippen molar-refractivity contribution in [1.29, 1.82) is 0 Å². The minimum atomic E-state index is -0.288. The van der Waals surface area contributed by atoms with Crippen LogP contribution in [0.5, 0.6) is 0 Å². The number of nitrogens with zero attached hydrogens (tertiary/aromatic N) is 1.